The number of imidazole rings is 1. The van der Waals surface area contributed by atoms with Gasteiger partial charge in [0.25, 0.3) is 0 Å². The number of hydrogen-bond donors (Lipinski definition) is 0. The maximum Gasteiger partial charge on any atom is 0.147 e. The largest absolute Gasteiger partial charge is 0.489 e. The van der Waals surface area contributed by atoms with Crippen molar-refractivity contribution in [3.63, 3.8) is 0 Å². The summed E-state index contributed by atoms with van der Waals surface area (Å²) in [6, 6.07) is 6.36. The first-order valence-electron chi connectivity index (χ1n) is 7.47. The van der Waals surface area contributed by atoms with Crippen molar-refractivity contribution in [2.24, 2.45) is 0 Å². The van der Waals surface area contributed by atoms with Gasteiger partial charge in [-0.05, 0) is 39.3 Å². The van der Waals surface area contributed by atoms with Crippen LogP contribution in [0.2, 0.25) is 0 Å². The van der Waals surface area contributed by atoms with Gasteiger partial charge in [0.15, 0.2) is 0 Å². The number of rotatable bonds is 4. The first kappa shape index (κ1) is 14.7. The first-order valence-corrected chi connectivity index (χ1v) is 7.91. The zero-order valence-electron chi connectivity index (χ0n) is 12.7. The number of benzene rings is 1. The van der Waals surface area contributed by atoms with E-state index < -0.39 is 0 Å². The van der Waals surface area contributed by atoms with E-state index in [4.69, 9.17) is 26.1 Å². The fourth-order valence-corrected chi connectivity index (χ4v) is 3.00. The summed E-state index contributed by atoms with van der Waals surface area (Å²) in [4.78, 5) is 4.76. The van der Waals surface area contributed by atoms with Crippen LogP contribution < -0.4 is 4.74 Å². The second-order valence-electron chi connectivity index (χ2n) is 5.76. The molecule has 3 rings (SSSR count). The Hall–Kier alpha value is -1.26. The van der Waals surface area contributed by atoms with Gasteiger partial charge in [0.05, 0.1) is 29.6 Å². The summed E-state index contributed by atoms with van der Waals surface area (Å²) in [5, 5.41) is -0.148. The molecule has 1 aromatic heterocycles. The van der Waals surface area contributed by atoms with Gasteiger partial charge >= 0.3 is 0 Å². The van der Waals surface area contributed by atoms with Gasteiger partial charge in [0.2, 0.25) is 0 Å². The zero-order chi connectivity index (χ0) is 15.0. The van der Waals surface area contributed by atoms with Crippen LogP contribution in [0.15, 0.2) is 18.2 Å². The van der Waals surface area contributed by atoms with Crippen LogP contribution in [0.5, 0.6) is 5.75 Å². The molecule has 1 fully saturated rings. The van der Waals surface area contributed by atoms with E-state index in [1.54, 1.807) is 0 Å². The molecule has 2 unspecified atom stereocenters. The lowest BCUT2D eigenvalue weighted by molar-refractivity contribution is 0.186. The molecule has 21 heavy (non-hydrogen) atoms. The quantitative estimate of drug-likeness (QED) is 0.798. The summed E-state index contributed by atoms with van der Waals surface area (Å²) in [5.74, 6) is 1.71. The van der Waals surface area contributed by atoms with Crippen LogP contribution in [0.4, 0.5) is 0 Å². The normalized spacial score (nSPS) is 20.3. The summed E-state index contributed by atoms with van der Waals surface area (Å²) < 4.78 is 13.7. The van der Waals surface area contributed by atoms with Gasteiger partial charge in [-0.25, -0.2) is 4.98 Å². The molecule has 0 bridgehead atoms. The van der Waals surface area contributed by atoms with Crippen molar-refractivity contribution in [3.05, 3.63) is 24.0 Å². The molecule has 2 atom stereocenters. The van der Waals surface area contributed by atoms with Crippen molar-refractivity contribution in [1.82, 2.24) is 9.55 Å². The molecule has 0 radical (unpaired) electrons. The van der Waals surface area contributed by atoms with Gasteiger partial charge in [0, 0.05) is 6.61 Å². The lowest BCUT2D eigenvalue weighted by atomic mass is 10.2. The van der Waals surface area contributed by atoms with Crippen LogP contribution >= 0.6 is 11.6 Å². The molecule has 0 spiro atoms. The minimum atomic E-state index is -0.148. The minimum absolute atomic E-state index is 0.118. The van der Waals surface area contributed by atoms with Gasteiger partial charge < -0.3 is 14.0 Å². The van der Waals surface area contributed by atoms with Crippen LogP contribution in [-0.2, 0) is 4.74 Å². The molecule has 5 heteroatoms. The summed E-state index contributed by atoms with van der Waals surface area (Å²) in [6.45, 7) is 7.51. The second-order valence-corrected chi connectivity index (χ2v) is 6.42. The highest BCUT2D eigenvalue weighted by atomic mass is 35.5. The van der Waals surface area contributed by atoms with Crippen molar-refractivity contribution >= 4 is 22.6 Å². The molecule has 1 aliphatic rings. The van der Waals surface area contributed by atoms with Gasteiger partial charge in [-0.15, -0.1) is 11.6 Å². The fraction of sp³-hybridized carbons (Fsp3) is 0.562. The Morgan fingerprint density at radius 1 is 1.38 bits per heavy atom. The Morgan fingerprint density at radius 3 is 2.81 bits per heavy atom. The van der Waals surface area contributed by atoms with Crippen molar-refractivity contribution < 1.29 is 9.47 Å². The number of alkyl halides is 1. The van der Waals surface area contributed by atoms with Crippen LogP contribution in [0.1, 0.15) is 44.4 Å². The lowest BCUT2D eigenvalue weighted by Gasteiger charge is -2.16. The third-order valence-electron chi connectivity index (χ3n) is 3.70. The second kappa shape index (κ2) is 5.85. The summed E-state index contributed by atoms with van der Waals surface area (Å²) in [6.07, 6.45) is 1.12. The van der Waals surface area contributed by atoms with Crippen LogP contribution in [-0.4, -0.2) is 28.9 Å². The highest BCUT2D eigenvalue weighted by Gasteiger charge is 2.26. The minimum Gasteiger partial charge on any atom is -0.489 e. The van der Waals surface area contributed by atoms with Gasteiger partial charge in [-0.3, -0.25) is 0 Å². The summed E-state index contributed by atoms with van der Waals surface area (Å²) in [5.41, 5.74) is 1.96. The maximum absolute atomic E-state index is 6.35. The summed E-state index contributed by atoms with van der Waals surface area (Å²) in [7, 11) is 0. The summed E-state index contributed by atoms with van der Waals surface area (Å²) >= 11 is 6.35. The Balaban J connectivity index is 2.17. The number of aromatic nitrogens is 2. The predicted molar refractivity (Wildman–Crippen MR) is 84.2 cm³/mol. The van der Waals surface area contributed by atoms with Gasteiger partial charge in [0.1, 0.15) is 17.1 Å². The molecule has 0 aliphatic carbocycles. The number of fused-ring (bicyclic) bond motifs is 1. The van der Waals surface area contributed by atoms with Gasteiger partial charge in [-0.1, -0.05) is 6.07 Å². The number of halogens is 1. The molecule has 1 aliphatic heterocycles. The number of nitrogens with zero attached hydrogens (tertiary/aromatic N) is 2. The third-order valence-corrected chi connectivity index (χ3v) is 3.89. The average molecular weight is 309 g/mol. The molecule has 114 valence electrons. The van der Waals surface area contributed by atoms with E-state index in [2.05, 4.69) is 10.6 Å². The van der Waals surface area contributed by atoms with Crippen molar-refractivity contribution in [3.8, 4) is 5.75 Å². The number of ether oxygens (including phenoxy) is 2. The molecule has 1 aromatic carbocycles. The molecule has 0 saturated carbocycles. The maximum atomic E-state index is 6.35. The van der Waals surface area contributed by atoms with E-state index in [-0.39, 0.29) is 11.5 Å². The average Bonchev–Trinajstić information content (AvgIpc) is 3.04. The first-order chi connectivity index (χ1) is 10.1. The van der Waals surface area contributed by atoms with E-state index in [1.807, 2.05) is 32.9 Å². The van der Waals surface area contributed by atoms with Crippen molar-refractivity contribution in [1.29, 1.82) is 0 Å². The van der Waals surface area contributed by atoms with Gasteiger partial charge in [-0.2, -0.15) is 0 Å². The highest BCUT2D eigenvalue weighted by Crippen LogP contribution is 2.35. The van der Waals surface area contributed by atoms with Crippen molar-refractivity contribution in [2.75, 3.05) is 13.2 Å². The highest BCUT2D eigenvalue weighted by molar-refractivity contribution is 6.20. The lowest BCUT2D eigenvalue weighted by Crippen LogP contribution is -2.12. The van der Waals surface area contributed by atoms with Crippen LogP contribution in [0.25, 0.3) is 11.0 Å². The van der Waals surface area contributed by atoms with Crippen molar-refractivity contribution in [2.45, 2.75) is 44.7 Å². The molecule has 1 saturated heterocycles. The molecule has 4 nitrogen and oxygen atoms in total. The molecular weight excluding hydrogens is 288 g/mol. The number of para-hydroxylation sites is 1. The topological polar surface area (TPSA) is 36.3 Å². The Kier molecular flexibility index (Phi) is 4.09. The Morgan fingerprint density at radius 2 is 2.19 bits per heavy atom. The molecule has 2 aromatic rings. The van der Waals surface area contributed by atoms with Crippen LogP contribution in [0.3, 0.4) is 0 Å². The van der Waals surface area contributed by atoms with E-state index >= 15 is 0 Å². The number of hydrogen-bond acceptors (Lipinski definition) is 3. The Bertz CT molecular complexity index is 630. The molecule has 2 heterocycles. The smallest absolute Gasteiger partial charge is 0.147 e. The Labute approximate surface area is 130 Å². The van der Waals surface area contributed by atoms with E-state index in [0.717, 1.165) is 42.2 Å². The monoisotopic (exact) mass is 308 g/mol. The fourth-order valence-electron chi connectivity index (χ4n) is 2.85. The third kappa shape index (κ3) is 2.74. The SMILES string of the molecule is CC(C)Oc1cccc2c1nc(C(C)Cl)n2C1CCOC1. The van der Waals surface area contributed by atoms with E-state index in [1.165, 1.54) is 0 Å². The van der Waals surface area contributed by atoms with Crippen LogP contribution in [0, 0.1) is 0 Å². The zero-order valence-corrected chi connectivity index (χ0v) is 13.4. The van der Waals surface area contributed by atoms with E-state index in [0.29, 0.717) is 6.04 Å². The standard InChI is InChI=1S/C16H21ClN2O2/c1-10(2)21-14-6-4-5-13-15(14)18-16(11(3)17)19(13)12-7-8-20-9-12/h4-6,10-12H,7-9H2,1-3H3. The molecule has 0 N–H and O–H groups in total. The van der Waals surface area contributed by atoms with E-state index in [9.17, 15) is 0 Å². The molecule has 0 amide bonds. The predicted octanol–water partition coefficient (Wildman–Crippen LogP) is 4.08. The molecular formula is C16H21ClN2O2.